The third-order valence-corrected chi connectivity index (χ3v) is 2.76. The molecule has 4 nitrogen and oxygen atoms in total. The van der Waals surface area contributed by atoms with Crippen molar-refractivity contribution in [1.29, 1.82) is 0 Å². The summed E-state index contributed by atoms with van der Waals surface area (Å²) in [5, 5.41) is 1.89. The van der Waals surface area contributed by atoms with Crippen LogP contribution in [-0.4, -0.2) is 26.2 Å². The SMILES string of the molecule is COCC[C@H]1CN(c2ccccc2)NC1=O. The Bertz CT molecular complexity index is 353. The van der Waals surface area contributed by atoms with Crippen LogP contribution < -0.4 is 10.4 Å². The van der Waals surface area contributed by atoms with Crippen LogP contribution in [-0.2, 0) is 9.53 Å². The molecule has 16 heavy (non-hydrogen) atoms. The Morgan fingerprint density at radius 2 is 2.19 bits per heavy atom. The van der Waals surface area contributed by atoms with Crippen LogP contribution in [0.25, 0.3) is 0 Å². The number of hydrogen-bond acceptors (Lipinski definition) is 3. The van der Waals surface area contributed by atoms with Crippen molar-refractivity contribution in [1.82, 2.24) is 5.43 Å². The number of ether oxygens (including phenoxy) is 1. The molecule has 0 aromatic heterocycles. The van der Waals surface area contributed by atoms with Crippen molar-refractivity contribution in [2.24, 2.45) is 5.92 Å². The van der Waals surface area contributed by atoms with E-state index in [2.05, 4.69) is 5.43 Å². The molecule has 0 radical (unpaired) electrons. The Morgan fingerprint density at radius 3 is 2.88 bits per heavy atom. The Labute approximate surface area is 95.2 Å². The van der Waals surface area contributed by atoms with E-state index in [0.29, 0.717) is 13.2 Å². The summed E-state index contributed by atoms with van der Waals surface area (Å²) in [5.41, 5.74) is 3.89. The Balaban J connectivity index is 1.98. The summed E-state index contributed by atoms with van der Waals surface area (Å²) in [4.78, 5) is 11.7. The molecular formula is C12H16N2O2. The smallest absolute Gasteiger partial charge is 0.243 e. The van der Waals surface area contributed by atoms with E-state index in [1.165, 1.54) is 0 Å². The molecule has 0 unspecified atom stereocenters. The van der Waals surface area contributed by atoms with E-state index in [0.717, 1.165) is 12.1 Å². The number of hydrazine groups is 1. The third kappa shape index (κ3) is 2.33. The molecule has 1 aliphatic heterocycles. The van der Waals surface area contributed by atoms with Gasteiger partial charge in [0.25, 0.3) is 0 Å². The first-order chi connectivity index (χ1) is 7.81. The van der Waals surface area contributed by atoms with Crippen molar-refractivity contribution < 1.29 is 9.53 Å². The molecule has 1 aliphatic rings. The van der Waals surface area contributed by atoms with Crippen molar-refractivity contribution in [3.05, 3.63) is 30.3 Å². The van der Waals surface area contributed by atoms with Gasteiger partial charge in [-0.1, -0.05) is 18.2 Å². The van der Waals surface area contributed by atoms with Crippen LogP contribution in [0.4, 0.5) is 5.69 Å². The summed E-state index contributed by atoms with van der Waals surface area (Å²) >= 11 is 0. The fourth-order valence-electron chi connectivity index (χ4n) is 1.83. The van der Waals surface area contributed by atoms with E-state index in [1.807, 2.05) is 35.3 Å². The summed E-state index contributed by atoms with van der Waals surface area (Å²) in [6.45, 7) is 1.34. The van der Waals surface area contributed by atoms with Crippen LogP contribution in [0.1, 0.15) is 6.42 Å². The van der Waals surface area contributed by atoms with Crippen LogP contribution >= 0.6 is 0 Å². The van der Waals surface area contributed by atoms with E-state index in [-0.39, 0.29) is 11.8 Å². The van der Waals surface area contributed by atoms with Gasteiger partial charge in [0.1, 0.15) is 0 Å². The van der Waals surface area contributed by atoms with Crippen LogP contribution in [0.2, 0.25) is 0 Å². The second-order valence-electron chi connectivity index (χ2n) is 3.90. The topological polar surface area (TPSA) is 41.6 Å². The van der Waals surface area contributed by atoms with Crippen molar-refractivity contribution in [3.8, 4) is 0 Å². The number of nitrogens with zero attached hydrogens (tertiary/aromatic N) is 1. The lowest BCUT2D eigenvalue weighted by molar-refractivity contribution is -0.122. The average Bonchev–Trinajstić information content (AvgIpc) is 2.69. The van der Waals surface area contributed by atoms with Gasteiger partial charge in [-0.3, -0.25) is 15.2 Å². The Hall–Kier alpha value is -1.55. The number of amides is 1. The number of methoxy groups -OCH3 is 1. The lowest BCUT2D eigenvalue weighted by Gasteiger charge is -2.17. The standard InChI is InChI=1S/C12H16N2O2/c1-16-8-7-10-9-14(13-12(10)15)11-5-3-2-4-6-11/h2-6,10H,7-9H2,1H3,(H,13,15)/t10-/m0/s1. The lowest BCUT2D eigenvalue weighted by atomic mass is 10.1. The first-order valence-corrected chi connectivity index (χ1v) is 5.43. The minimum Gasteiger partial charge on any atom is -0.385 e. The minimum atomic E-state index is 0.0279. The zero-order valence-electron chi connectivity index (χ0n) is 9.35. The lowest BCUT2D eigenvalue weighted by Crippen LogP contribution is -2.32. The van der Waals surface area contributed by atoms with Crippen LogP contribution in [0, 0.1) is 5.92 Å². The van der Waals surface area contributed by atoms with E-state index >= 15 is 0 Å². The number of hydrogen-bond donors (Lipinski definition) is 1. The molecule has 0 bridgehead atoms. The number of carbonyl (C=O) groups is 1. The van der Waals surface area contributed by atoms with Crippen molar-refractivity contribution in [2.75, 3.05) is 25.3 Å². The molecule has 1 fully saturated rings. The number of rotatable bonds is 4. The number of carbonyl (C=O) groups excluding carboxylic acids is 1. The number of para-hydroxylation sites is 1. The van der Waals surface area contributed by atoms with Gasteiger partial charge in [-0.2, -0.15) is 0 Å². The molecule has 1 heterocycles. The molecule has 0 saturated carbocycles. The van der Waals surface area contributed by atoms with Crippen molar-refractivity contribution in [2.45, 2.75) is 6.42 Å². The second kappa shape index (κ2) is 4.99. The van der Waals surface area contributed by atoms with Crippen LogP contribution in [0.5, 0.6) is 0 Å². The maximum absolute atomic E-state index is 11.7. The highest BCUT2D eigenvalue weighted by Gasteiger charge is 2.29. The summed E-state index contributed by atoms with van der Waals surface area (Å²) in [7, 11) is 1.65. The fourth-order valence-corrected chi connectivity index (χ4v) is 1.83. The van der Waals surface area contributed by atoms with Gasteiger partial charge < -0.3 is 4.74 Å². The van der Waals surface area contributed by atoms with Crippen molar-refractivity contribution in [3.63, 3.8) is 0 Å². The highest BCUT2D eigenvalue weighted by Crippen LogP contribution is 2.19. The van der Waals surface area contributed by atoms with Gasteiger partial charge in [0, 0.05) is 13.7 Å². The first kappa shape index (κ1) is 11.0. The molecule has 1 amide bonds. The van der Waals surface area contributed by atoms with Crippen LogP contribution in [0.15, 0.2) is 30.3 Å². The van der Waals surface area contributed by atoms with Gasteiger partial charge in [0.05, 0.1) is 18.2 Å². The zero-order valence-corrected chi connectivity index (χ0v) is 9.35. The number of benzene rings is 1. The predicted molar refractivity (Wildman–Crippen MR) is 61.9 cm³/mol. The minimum absolute atomic E-state index is 0.0279. The second-order valence-corrected chi connectivity index (χ2v) is 3.90. The molecule has 1 atom stereocenters. The number of nitrogens with one attached hydrogen (secondary N) is 1. The molecule has 2 rings (SSSR count). The van der Waals surface area contributed by atoms with Crippen molar-refractivity contribution >= 4 is 11.6 Å². The summed E-state index contributed by atoms with van der Waals surface area (Å²) in [6.07, 6.45) is 0.770. The quantitative estimate of drug-likeness (QED) is 0.828. The Morgan fingerprint density at radius 1 is 1.44 bits per heavy atom. The van der Waals surface area contributed by atoms with Gasteiger partial charge in [-0.15, -0.1) is 0 Å². The molecule has 4 heteroatoms. The van der Waals surface area contributed by atoms with E-state index < -0.39 is 0 Å². The maximum atomic E-state index is 11.7. The highest BCUT2D eigenvalue weighted by atomic mass is 16.5. The van der Waals surface area contributed by atoms with Gasteiger partial charge in [-0.25, -0.2) is 0 Å². The molecule has 1 aromatic rings. The van der Waals surface area contributed by atoms with E-state index in [4.69, 9.17) is 4.74 Å². The Kier molecular flexibility index (Phi) is 3.41. The summed E-state index contributed by atoms with van der Waals surface area (Å²) in [5.74, 6) is 0.112. The first-order valence-electron chi connectivity index (χ1n) is 5.43. The third-order valence-electron chi connectivity index (χ3n) is 2.76. The molecular weight excluding hydrogens is 204 g/mol. The van der Waals surface area contributed by atoms with E-state index in [1.54, 1.807) is 7.11 Å². The normalized spacial score (nSPS) is 19.9. The molecule has 0 aliphatic carbocycles. The van der Waals surface area contributed by atoms with Gasteiger partial charge in [0.2, 0.25) is 5.91 Å². The molecule has 0 spiro atoms. The van der Waals surface area contributed by atoms with Gasteiger partial charge >= 0.3 is 0 Å². The average molecular weight is 220 g/mol. The molecule has 1 saturated heterocycles. The molecule has 1 N–H and O–H groups in total. The summed E-state index contributed by atoms with van der Waals surface area (Å²) < 4.78 is 4.99. The van der Waals surface area contributed by atoms with Crippen LogP contribution in [0.3, 0.4) is 0 Å². The zero-order chi connectivity index (χ0) is 11.4. The summed E-state index contributed by atoms with van der Waals surface area (Å²) in [6, 6.07) is 9.86. The predicted octanol–water partition coefficient (Wildman–Crippen LogP) is 1.19. The monoisotopic (exact) mass is 220 g/mol. The largest absolute Gasteiger partial charge is 0.385 e. The molecule has 86 valence electrons. The maximum Gasteiger partial charge on any atom is 0.243 e. The number of anilines is 1. The van der Waals surface area contributed by atoms with Gasteiger partial charge in [0.15, 0.2) is 0 Å². The highest BCUT2D eigenvalue weighted by molar-refractivity contribution is 5.84. The fraction of sp³-hybridized carbons (Fsp3) is 0.417. The molecule has 1 aromatic carbocycles. The van der Waals surface area contributed by atoms with E-state index in [9.17, 15) is 4.79 Å². The van der Waals surface area contributed by atoms with Gasteiger partial charge in [-0.05, 0) is 18.6 Å².